The normalized spacial score (nSPS) is 26.5. The molecule has 2 aromatic rings. The zero-order valence-corrected chi connectivity index (χ0v) is 15.2. The molecule has 27 heavy (non-hydrogen) atoms. The number of rotatable bonds is 1. The fraction of sp³-hybridized carbons (Fsp3) is 0.364. The SMILES string of the molecule is FC1C=CC=CC1=c1ncn(C2CCCCC2)c1=C1CC=Nc2[nH]ccc21. The van der Waals surface area contributed by atoms with Crippen molar-refractivity contribution >= 4 is 23.2 Å². The number of aromatic nitrogens is 3. The second-order valence-corrected chi connectivity index (χ2v) is 7.48. The van der Waals surface area contributed by atoms with Gasteiger partial charge in [0.2, 0.25) is 0 Å². The van der Waals surface area contributed by atoms with Crippen LogP contribution in [-0.2, 0) is 0 Å². The Bertz CT molecular complexity index is 1060. The van der Waals surface area contributed by atoms with Gasteiger partial charge in [0.05, 0.1) is 17.0 Å². The topological polar surface area (TPSA) is 46.0 Å². The van der Waals surface area contributed by atoms with Gasteiger partial charge in [-0.3, -0.25) is 0 Å². The number of alkyl halides is 1. The fourth-order valence-electron chi connectivity index (χ4n) is 4.51. The summed E-state index contributed by atoms with van der Waals surface area (Å²) in [5.41, 5.74) is 2.93. The molecule has 3 heterocycles. The minimum atomic E-state index is -1.12. The van der Waals surface area contributed by atoms with Gasteiger partial charge in [-0.2, -0.15) is 0 Å². The van der Waals surface area contributed by atoms with Crippen LogP contribution in [0.4, 0.5) is 10.2 Å². The lowest BCUT2D eigenvalue weighted by Gasteiger charge is -2.24. The summed E-state index contributed by atoms with van der Waals surface area (Å²) < 4.78 is 17.0. The van der Waals surface area contributed by atoms with Crippen molar-refractivity contribution in [1.29, 1.82) is 0 Å². The first-order valence-corrected chi connectivity index (χ1v) is 9.82. The molecule has 1 atom stereocenters. The fourth-order valence-corrected chi connectivity index (χ4v) is 4.51. The maximum absolute atomic E-state index is 14.7. The highest BCUT2D eigenvalue weighted by molar-refractivity contribution is 5.88. The highest BCUT2D eigenvalue weighted by Gasteiger charge is 2.22. The van der Waals surface area contributed by atoms with Crippen LogP contribution < -0.4 is 10.7 Å². The van der Waals surface area contributed by atoms with Crippen LogP contribution in [0.3, 0.4) is 0 Å². The van der Waals surface area contributed by atoms with Crippen molar-refractivity contribution in [2.75, 3.05) is 0 Å². The van der Waals surface area contributed by atoms with E-state index < -0.39 is 6.17 Å². The number of fused-ring (bicyclic) bond motifs is 1. The minimum absolute atomic E-state index is 0.436. The van der Waals surface area contributed by atoms with Crippen molar-refractivity contribution in [2.45, 2.75) is 50.7 Å². The third-order valence-corrected chi connectivity index (χ3v) is 5.85. The lowest BCUT2D eigenvalue weighted by Crippen LogP contribution is -2.38. The minimum Gasteiger partial charge on any atom is -0.346 e. The van der Waals surface area contributed by atoms with Crippen LogP contribution in [0.15, 0.2) is 47.9 Å². The molecule has 4 nitrogen and oxygen atoms in total. The lowest BCUT2D eigenvalue weighted by molar-refractivity contribution is 0.347. The molecular weight excluding hydrogens is 339 g/mol. The van der Waals surface area contributed by atoms with Crippen LogP contribution in [0.2, 0.25) is 0 Å². The van der Waals surface area contributed by atoms with E-state index in [2.05, 4.69) is 20.6 Å². The second kappa shape index (κ2) is 6.80. The Kier molecular flexibility index (Phi) is 4.15. The summed E-state index contributed by atoms with van der Waals surface area (Å²) in [7, 11) is 0. The second-order valence-electron chi connectivity index (χ2n) is 7.48. The van der Waals surface area contributed by atoms with Crippen molar-refractivity contribution in [2.24, 2.45) is 4.99 Å². The van der Waals surface area contributed by atoms with Gasteiger partial charge in [-0.05, 0) is 30.6 Å². The molecule has 1 aliphatic heterocycles. The Hall–Kier alpha value is -2.69. The largest absolute Gasteiger partial charge is 0.346 e. The van der Waals surface area contributed by atoms with Gasteiger partial charge >= 0.3 is 0 Å². The first kappa shape index (κ1) is 16.5. The van der Waals surface area contributed by atoms with Crippen molar-refractivity contribution in [1.82, 2.24) is 14.5 Å². The molecule has 0 aromatic carbocycles. The molecular formula is C22H23FN4. The maximum Gasteiger partial charge on any atom is 0.146 e. The van der Waals surface area contributed by atoms with E-state index in [0.29, 0.717) is 11.6 Å². The summed E-state index contributed by atoms with van der Waals surface area (Å²) in [6.45, 7) is 0. The first-order chi connectivity index (χ1) is 13.3. The number of halogens is 1. The molecule has 0 radical (unpaired) electrons. The number of nitrogens with one attached hydrogen (secondary N) is 1. The van der Waals surface area contributed by atoms with Gasteiger partial charge in [0.25, 0.3) is 0 Å². The number of aliphatic imine (C=N–C) groups is 1. The van der Waals surface area contributed by atoms with Gasteiger partial charge in [0, 0.05) is 36.0 Å². The van der Waals surface area contributed by atoms with Crippen LogP contribution in [0.25, 0.3) is 11.1 Å². The Balaban J connectivity index is 1.83. The van der Waals surface area contributed by atoms with Crippen molar-refractivity contribution in [3.8, 4) is 0 Å². The highest BCUT2D eigenvalue weighted by atomic mass is 19.1. The number of hydrogen-bond acceptors (Lipinski definition) is 2. The monoisotopic (exact) mass is 362 g/mol. The molecule has 5 rings (SSSR count). The summed E-state index contributed by atoms with van der Waals surface area (Å²) in [5, 5.41) is 1.83. The van der Waals surface area contributed by atoms with E-state index >= 15 is 0 Å². The number of allylic oxidation sites excluding steroid dienone is 4. The van der Waals surface area contributed by atoms with Gasteiger partial charge < -0.3 is 9.55 Å². The predicted octanol–water partition coefficient (Wildman–Crippen LogP) is 3.64. The number of imidazole rings is 1. The van der Waals surface area contributed by atoms with E-state index in [4.69, 9.17) is 4.98 Å². The first-order valence-electron chi connectivity index (χ1n) is 9.82. The summed E-state index contributed by atoms with van der Waals surface area (Å²) in [4.78, 5) is 12.4. The van der Waals surface area contributed by atoms with Crippen LogP contribution in [-0.4, -0.2) is 26.9 Å². The number of hydrogen-bond donors (Lipinski definition) is 1. The maximum atomic E-state index is 14.7. The zero-order valence-electron chi connectivity index (χ0n) is 15.2. The molecule has 2 aliphatic carbocycles. The number of nitrogens with zero attached hydrogens (tertiary/aromatic N) is 3. The average molecular weight is 362 g/mol. The Morgan fingerprint density at radius 2 is 2.04 bits per heavy atom. The molecule has 0 bridgehead atoms. The smallest absolute Gasteiger partial charge is 0.146 e. The molecule has 1 saturated carbocycles. The third kappa shape index (κ3) is 2.82. The van der Waals surface area contributed by atoms with Crippen LogP contribution in [0, 0.1) is 0 Å². The molecule has 0 amide bonds. The van der Waals surface area contributed by atoms with E-state index in [1.165, 1.54) is 24.8 Å². The van der Waals surface area contributed by atoms with Gasteiger partial charge in [-0.25, -0.2) is 14.4 Å². The van der Waals surface area contributed by atoms with E-state index in [9.17, 15) is 4.39 Å². The molecule has 2 aromatic heterocycles. The molecule has 1 unspecified atom stereocenters. The van der Waals surface area contributed by atoms with E-state index in [-0.39, 0.29) is 0 Å². The molecule has 1 fully saturated rings. The third-order valence-electron chi connectivity index (χ3n) is 5.85. The van der Waals surface area contributed by atoms with Gasteiger partial charge in [-0.15, -0.1) is 0 Å². The standard InChI is InChI=1S/C22H23FN4/c23-19-9-5-4-8-18(19)20-21(16-10-12-24-22-17(16)11-13-25-22)27(14-26-20)15-6-2-1-3-7-15/h4-5,8-9,11-15,19,25H,1-3,6-7,10H2. The molecule has 3 aliphatic rings. The average Bonchev–Trinajstić information content (AvgIpc) is 3.36. The number of aromatic amines is 1. The van der Waals surface area contributed by atoms with Gasteiger partial charge in [0.15, 0.2) is 0 Å². The Labute approximate surface area is 157 Å². The van der Waals surface area contributed by atoms with Crippen molar-refractivity contribution in [3.63, 3.8) is 0 Å². The van der Waals surface area contributed by atoms with E-state index in [1.807, 2.05) is 30.9 Å². The highest BCUT2D eigenvalue weighted by Crippen LogP contribution is 2.30. The molecule has 1 N–H and O–H groups in total. The lowest BCUT2D eigenvalue weighted by atomic mass is 9.94. The Morgan fingerprint density at radius 1 is 1.15 bits per heavy atom. The molecule has 5 heteroatoms. The van der Waals surface area contributed by atoms with Gasteiger partial charge in [-0.1, -0.05) is 37.5 Å². The van der Waals surface area contributed by atoms with E-state index in [0.717, 1.165) is 41.3 Å². The van der Waals surface area contributed by atoms with Gasteiger partial charge in [0.1, 0.15) is 12.0 Å². The summed E-state index contributed by atoms with van der Waals surface area (Å²) in [6, 6.07) is 2.50. The molecule has 0 spiro atoms. The zero-order chi connectivity index (χ0) is 18.2. The summed E-state index contributed by atoms with van der Waals surface area (Å²) >= 11 is 0. The number of H-pyrrole nitrogens is 1. The molecule has 0 saturated heterocycles. The molecule has 138 valence electrons. The van der Waals surface area contributed by atoms with Crippen molar-refractivity contribution < 1.29 is 4.39 Å². The van der Waals surface area contributed by atoms with Crippen LogP contribution >= 0.6 is 0 Å². The van der Waals surface area contributed by atoms with Crippen molar-refractivity contribution in [3.05, 3.63) is 59.2 Å². The van der Waals surface area contributed by atoms with Crippen LogP contribution in [0.1, 0.15) is 50.1 Å². The quantitative estimate of drug-likeness (QED) is 0.827. The van der Waals surface area contributed by atoms with E-state index in [1.54, 1.807) is 12.2 Å². The summed E-state index contributed by atoms with van der Waals surface area (Å²) in [6.07, 6.45) is 18.6. The summed E-state index contributed by atoms with van der Waals surface area (Å²) in [5.74, 6) is 0.875. The van der Waals surface area contributed by atoms with Crippen LogP contribution in [0.5, 0.6) is 0 Å². The Morgan fingerprint density at radius 3 is 2.89 bits per heavy atom. The predicted molar refractivity (Wildman–Crippen MR) is 106 cm³/mol.